The van der Waals surface area contributed by atoms with E-state index in [9.17, 15) is 5.11 Å². The first-order valence-electron chi connectivity index (χ1n) is 5.85. The van der Waals surface area contributed by atoms with E-state index in [4.69, 9.17) is 0 Å². The van der Waals surface area contributed by atoms with Gasteiger partial charge in [0.2, 0.25) is 0 Å². The van der Waals surface area contributed by atoms with E-state index < -0.39 is 6.10 Å². The third-order valence-electron chi connectivity index (χ3n) is 3.00. The van der Waals surface area contributed by atoms with Crippen molar-refractivity contribution < 1.29 is 5.11 Å². The Morgan fingerprint density at radius 3 is 3.06 bits per heavy atom. The number of pyridine rings is 1. The summed E-state index contributed by atoms with van der Waals surface area (Å²) in [6, 6.07) is 6.16. The lowest BCUT2D eigenvalue weighted by atomic mass is 10.0. The largest absolute Gasteiger partial charge is 0.388 e. The van der Waals surface area contributed by atoms with Crippen LogP contribution in [0.4, 0.5) is 0 Å². The van der Waals surface area contributed by atoms with E-state index in [1.807, 2.05) is 17.5 Å². The van der Waals surface area contributed by atoms with Crippen LogP contribution in [0.25, 0.3) is 10.2 Å². The summed E-state index contributed by atoms with van der Waals surface area (Å²) in [7, 11) is 0. The first kappa shape index (κ1) is 11.8. The van der Waals surface area contributed by atoms with Gasteiger partial charge in [0.15, 0.2) is 0 Å². The molecule has 3 aromatic rings. The summed E-state index contributed by atoms with van der Waals surface area (Å²) < 4.78 is 1.14. The average molecular weight is 275 g/mol. The molecule has 1 N–H and O–H groups in total. The van der Waals surface area contributed by atoms with E-state index in [0.717, 1.165) is 28.6 Å². The molecule has 0 spiro atoms. The van der Waals surface area contributed by atoms with Gasteiger partial charge in [0.05, 0.1) is 16.3 Å². The van der Waals surface area contributed by atoms with Crippen molar-refractivity contribution in [3.05, 3.63) is 51.7 Å². The summed E-state index contributed by atoms with van der Waals surface area (Å²) in [6.45, 7) is 0. The van der Waals surface area contributed by atoms with Crippen molar-refractivity contribution >= 4 is 32.9 Å². The highest BCUT2D eigenvalue weighted by atomic mass is 32.1. The number of aliphatic hydroxyl groups is 1. The predicted molar refractivity (Wildman–Crippen MR) is 77.2 cm³/mol. The summed E-state index contributed by atoms with van der Waals surface area (Å²) in [5.74, 6) is 0. The number of nitrogens with zero attached hydrogens (tertiary/aromatic N) is 1. The fourth-order valence-electron chi connectivity index (χ4n) is 1.95. The number of aryl methyl sites for hydroxylation is 1. The van der Waals surface area contributed by atoms with E-state index in [2.05, 4.69) is 21.8 Å². The second-order valence-corrected chi connectivity index (χ2v) is 5.99. The minimum Gasteiger partial charge on any atom is -0.388 e. The van der Waals surface area contributed by atoms with Crippen LogP contribution in [-0.2, 0) is 6.42 Å². The van der Waals surface area contributed by atoms with Crippen LogP contribution in [0.3, 0.4) is 0 Å². The summed E-state index contributed by atoms with van der Waals surface area (Å²) >= 11 is 3.36. The van der Waals surface area contributed by atoms with E-state index >= 15 is 0 Å². The molecule has 0 bridgehead atoms. The van der Waals surface area contributed by atoms with Gasteiger partial charge in [0.25, 0.3) is 0 Å². The summed E-state index contributed by atoms with van der Waals surface area (Å²) in [6.07, 6.45) is 3.01. The molecule has 0 aliphatic rings. The zero-order chi connectivity index (χ0) is 12.4. The quantitative estimate of drug-likeness (QED) is 0.780. The zero-order valence-electron chi connectivity index (χ0n) is 9.74. The van der Waals surface area contributed by atoms with E-state index in [1.54, 1.807) is 28.9 Å². The topological polar surface area (TPSA) is 33.1 Å². The predicted octanol–water partition coefficient (Wildman–Crippen LogP) is 4.02. The van der Waals surface area contributed by atoms with Gasteiger partial charge in [-0.15, -0.1) is 11.3 Å². The van der Waals surface area contributed by atoms with Crippen LogP contribution in [0.1, 0.15) is 23.7 Å². The average Bonchev–Trinajstić information content (AvgIpc) is 3.05. The smallest absolute Gasteiger partial charge is 0.0809 e. The van der Waals surface area contributed by atoms with E-state index in [1.165, 1.54) is 5.56 Å². The highest BCUT2D eigenvalue weighted by molar-refractivity contribution is 7.17. The number of rotatable bonds is 4. The Morgan fingerprint density at radius 1 is 1.28 bits per heavy atom. The number of aromatic nitrogens is 1. The monoisotopic (exact) mass is 275 g/mol. The third-order valence-corrected chi connectivity index (χ3v) is 4.58. The highest BCUT2D eigenvalue weighted by Crippen LogP contribution is 2.25. The number of hydrogen-bond acceptors (Lipinski definition) is 4. The van der Waals surface area contributed by atoms with Crippen LogP contribution >= 0.6 is 22.7 Å². The van der Waals surface area contributed by atoms with Crippen LogP contribution in [0.5, 0.6) is 0 Å². The molecule has 18 heavy (non-hydrogen) atoms. The minimum absolute atomic E-state index is 0.427. The van der Waals surface area contributed by atoms with Crippen LogP contribution in [0.15, 0.2) is 40.5 Å². The number of fused-ring (bicyclic) bond motifs is 1. The second kappa shape index (κ2) is 5.18. The summed E-state index contributed by atoms with van der Waals surface area (Å²) in [4.78, 5) is 4.36. The maximum absolute atomic E-state index is 10.2. The third kappa shape index (κ3) is 2.46. The SMILES string of the molecule is OC(CCc1ccsc1)c1cnc2ccsc2c1. The van der Waals surface area contributed by atoms with Crippen molar-refractivity contribution in [1.29, 1.82) is 0 Å². The molecule has 0 fully saturated rings. The van der Waals surface area contributed by atoms with E-state index in [-0.39, 0.29) is 0 Å². The zero-order valence-corrected chi connectivity index (χ0v) is 11.4. The number of aliphatic hydroxyl groups excluding tert-OH is 1. The van der Waals surface area contributed by atoms with Gasteiger partial charge in [-0.25, -0.2) is 0 Å². The van der Waals surface area contributed by atoms with Crippen molar-refractivity contribution in [3.63, 3.8) is 0 Å². The van der Waals surface area contributed by atoms with Gasteiger partial charge < -0.3 is 5.11 Å². The molecule has 3 aromatic heterocycles. The van der Waals surface area contributed by atoms with Crippen LogP contribution < -0.4 is 0 Å². The second-order valence-electron chi connectivity index (χ2n) is 4.26. The molecule has 3 heterocycles. The van der Waals surface area contributed by atoms with Gasteiger partial charge in [-0.2, -0.15) is 11.3 Å². The number of thiophene rings is 2. The number of hydrogen-bond donors (Lipinski definition) is 1. The van der Waals surface area contributed by atoms with Crippen molar-refractivity contribution in [1.82, 2.24) is 4.98 Å². The van der Waals surface area contributed by atoms with Crippen LogP contribution in [0.2, 0.25) is 0 Å². The molecule has 1 atom stereocenters. The molecule has 0 saturated heterocycles. The highest BCUT2D eigenvalue weighted by Gasteiger charge is 2.09. The Hall–Kier alpha value is -1.23. The standard InChI is InChI=1S/C14H13NOS2/c16-13(2-1-10-3-5-17-9-10)11-7-14-12(15-8-11)4-6-18-14/h3-9,13,16H,1-2H2. The minimum atomic E-state index is -0.427. The lowest BCUT2D eigenvalue weighted by molar-refractivity contribution is 0.167. The van der Waals surface area contributed by atoms with Crippen molar-refractivity contribution in [2.24, 2.45) is 0 Å². The van der Waals surface area contributed by atoms with Gasteiger partial charge in [-0.1, -0.05) is 0 Å². The van der Waals surface area contributed by atoms with Gasteiger partial charge in [0, 0.05) is 11.8 Å². The molecule has 0 saturated carbocycles. The van der Waals surface area contributed by atoms with Gasteiger partial charge in [-0.05, 0) is 52.7 Å². The lowest BCUT2D eigenvalue weighted by Gasteiger charge is -2.09. The van der Waals surface area contributed by atoms with Crippen LogP contribution in [0, 0.1) is 0 Å². The van der Waals surface area contributed by atoms with Crippen LogP contribution in [-0.4, -0.2) is 10.1 Å². The first-order chi connectivity index (χ1) is 8.83. The lowest BCUT2D eigenvalue weighted by Crippen LogP contribution is -1.99. The summed E-state index contributed by atoms with van der Waals surface area (Å²) in [5.41, 5.74) is 3.22. The molecular formula is C14H13NOS2. The maximum Gasteiger partial charge on any atom is 0.0809 e. The molecule has 92 valence electrons. The maximum atomic E-state index is 10.2. The Bertz CT molecular complexity index is 630. The molecule has 1 unspecified atom stereocenters. The normalized spacial score (nSPS) is 12.9. The molecule has 3 rings (SSSR count). The molecule has 0 amide bonds. The van der Waals surface area contributed by atoms with Gasteiger partial charge in [-0.3, -0.25) is 4.98 Å². The summed E-state index contributed by atoms with van der Waals surface area (Å²) in [5, 5.41) is 16.4. The Labute approximate surface area is 114 Å². The Balaban J connectivity index is 1.72. The molecule has 4 heteroatoms. The van der Waals surface area contributed by atoms with Crippen molar-refractivity contribution in [3.8, 4) is 0 Å². The van der Waals surface area contributed by atoms with Crippen molar-refractivity contribution in [2.75, 3.05) is 0 Å². The Morgan fingerprint density at radius 2 is 2.22 bits per heavy atom. The molecule has 2 nitrogen and oxygen atoms in total. The molecule has 0 aliphatic carbocycles. The van der Waals surface area contributed by atoms with E-state index in [0.29, 0.717) is 0 Å². The fraction of sp³-hybridized carbons (Fsp3) is 0.214. The van der Waals surface area contributed by atoms with Crippen molar-refractivity contribution in [2.45, 2.75) is 18.9 Å². The molecule has 0 aliphatic heterocycles. The Kier molecular flexibility index (Phi) is 3.41. The molecular weight excluding hydrogens is 262 g/mol. The molecule has 0 radical (unpaired) electrons. The fourth-order valence-corrected chi connectivity index (χ4v) is 3.44. The molecule has 0 aromatic carbocycles. The van der Waals surface area contributed by atoms with Gasteiger partial charge in [0.1, 0.15) is 0 Å². The van der Waals surface area contributed by atoms with Gasteiger partial charge >= 0.3 is 0 Å². The first-order valence-corrected chi connectivity index (χ1v) is 7.67.